The molecule has 0 spiro atoms. The third kappa shape index (κ3) is 3.82. The average molecular weight is 382 g/mol. The van der Waals surface area contributed by atoms with Gasteiger partial charge in [0, 0.05) is 25.2 Å². The topological polar surface area (TPSA) is 41.6 Å². The molecule has 1 aliphatic carbocycles. The molecule has 2 aliphatic rings. The van der Waals surface area contributed by atoms with Gasteiger partial charge in [-0.25, -0.2) is 4.39 Å². The fourth-order valence-corrected chi connectivity index (χ4v) is 4.09. The summed E-state index contributed by atoms with van der Waals surface area (Å²) in [6.07, 6.45) is 1.40. The molecule has 1 aliphatic heterocycles. The summed E-state index contributed by atoms with van der Waals surface area (Å²) in [5, 5.41) is 3.13. The van der Waals surface area contributed by atoms with Crippen molar-refractivity contribution in [1.29, 1.82) is 0 Å². The number of nitrogens with one attached hydrogen (secondary N) is 1. The summed E-state index contributed by atoms with van der Waals surface area (Å²) in [6, 6.07) is 15.2. The summed E-state index contributed by atoms with van der Waals surface area (Å²) in [5.41, 5.74) is 2.22. The lowest BCUT2D eigenvalue weighted by molar-refractivity contribution is -0.124. The molecule has 2 fully saturated rings. The Morgan fingerprint density at radius 2 is 1.82 bits per heavy atom. The van der Waals surface area contributed by atoms with Crippen LogP contribution in [0.3, 0.4) is 0 Å². The van der Waals surface area contributed by atoms with Crippen molar-refractivity contribution in [2.75, 3.05) is 32.8 Å². The Morgan fingerprint density at radius 3 is 2.46 bits per heavy atom. The minimum atomic E-state index is -0.700. The van der Waals surface area contributed by atoms with Gasteiger partial charge in [-0.15, -0.1) is 0 Å². The van der Waals surface area contributed by atoms with Gasteiger partial charge in [-0.3, -0.25) is 9.69 Å². The van der Waals surface area contributed by atoms with Gasteiger partial charge >= 0.3 is 0 Å². The summed E-state index contributed by atoms with van der Waals surface area (Å²) in [4.78, 5) is 15.4. The number of nitrogens with zero attached hydrogens (tertiary/aromatic N) is 1. The van der Waals surface area contributed by atoms with E-state index in [0.717, 1.165) is 13.1 Å². The number of carbonyl (C=O) groups is 1. The Balaban J connectivity index is 1.50. The van der Waals surface area contributed by atoms with Crippen LogP contribution in [-0.2, 0) is 14.9 Å². The van der Waals surface area contributed by atoms with Crippen molar-refractivity contribution in [1.82, 2.24) is 10.2 Å². The highest BCUT2D eigenvalue weighted by Crippen LogP contribution is 2.49. The van der Waals surface area contributed by atoms with E-state index in [9.17, 15) is 9.18 Å². The van der Waals surface area contributed by atoms with Crippen molar-refractivity contribution in [3.8, 4) is 0 Å². The van der Waals surface area contributed by atoms with Crippen molar-refractivity contribution < 1.29 is 13.9 Å². The van der Waals surface area contributed by atoms with Gasteiger partial charge in [-0.05, 0) is 31.4 Å². The number of morpholine rings is 1. The Hall–Kier alpha value is -2.24. The fourth-order valence-electron chi connectivity index (χ4n) is 4.09. The first-order chi connectivity index (χ1) is 13.6. The number of carbonyl (C=O) groups excluding carboxylic acids is 1. The molecule has 5 heteroatoms. The summed E-state index contributed by atoms with van der Waals surface area (Å²) in [5.74, 6) is -0.360. The third-order valence-corrected chi connectivity index (χ3v) is 5.98. The third-order valence-electron chi connectivity index (χ3n) is 5.98. The van der Waals surface area contributed by atoms with Gasteiger partial charge in [-0.1, -0.05) is 48.0 Å². The molecule has 4 rings (SSSR count). The van der Waals surface area contributed by atoms with Crippen molar-refractivity contribution in [2.45, 2.75) is 31.2 Å². The van der Waals surface area contributed by atoms with Crippen LogP contribution in [0.1, 0.15) is 35.6 Å². The Bertz CT molecular complexity index is 827. The lowest BCUT2D eigenvalue weighted by atomic mass is 9.94. The second kappa shape index (κ2) is 8.02. The summed E-state index contributed by atoms with van der Waals surface area (Å²) in [7, 11) is 0. The molecule has 0 radical (unpaired) electrons. The van der Waals surface area contributed by atoms with Crippen LogP contribution >= 0.6 is 0 Å². The first-order valence-electron chi connectivity index (χ1n) is 10.0. The fraction of sp³-hybridized carbons (Fsp3) is 0.435. The smallest absolute Gasteiger partial charge is 0.230 e. The van der Waals surface area contributed by atoms with E-state index in [2.05, 4.69) is 41.4 Å². The second-order valence-electron chi connectivity index (χ2n) is 7.85. The van der Waals surface area contributed by atoms with Crippen molar-refractivity contribution in [3.63, 3.8) is 0 Å². The van der Waals surface area contributed by atoms with Crippen LogP contribution in [0.15, 0.2) is 48.5 Å². The standard InChI is InChI=1S/C23H27FN2O2/c1-17-6-8-18(9-7-17)21(26-12-14-28-15-13-26)16-25-22(27)23(10-11-23)19-4-2-3-5-20(19)24/h2-9,21H,10-16H2,1H3,(H,25,27). The molecule has 0 bridgehead atoms. The molecule has 1 N–H and O–H groups in total. The molecule has 1 saturated carbocycles. The van der Waals surface area contributed by atoms with Crippen LogP contribution in [-0.4, -0.2) is 43.7 Å². The molecule has 148 valence electrons. The van der Waals surface area contributed by atoms with Crippen LogP contribution in [0.4, 0.5) is 4.39 Å². The van der Waals surface area contributed by atoms with Gasteiger partial charge in [0.2, 0.25) is 5.91 Å². The Morgan fingerprint density at radius 1 is 1.14 bits per heavy atom. The van der Waals surface area contributed by atoms with Crippen molar-refractivity contribution in [2.24, 2.45) is 0 Å². The number of hydrogen-bond donors (Lipinski definition) is 1. The normalized spacial score (nSPS) is 19.8. The minimum Gasteiger partial charge on any atom is -0.379 e. The van der Waals surface area contributed by atoms with Gasteiger partial charge in [-0.2, -0.15) is 0 Å². The van der Waals surface area contributed by atoms with E-state index in [0.29, 0.717) is 38.2 Å². The highest BCUT2D eigenvalue weighted by atomic mass is 19.1. The van der Waals surface area contributed by atoms with E-state index in [1.807, 2.05) is 0 Å². The van der Waals surface area contributed by atoms with Crippen LogP contribution in [0.5, 0.6) is 0 Å². The van der Waals surface area contributed by atoms with Gasteiger partial charge in [0.15, 0.2) is 0 Å². The van der Waals surface area contributed by atoms with Crippen LogP contribution < -0.4 is 5.32 Å². The molecule has 4 nitrogen and oxygen atoms in total. The SMILES string of the molecule is Cc1ccc(C(CNC(=O)C2(c3ccccc3F)CC2)N2CCOCC2)cc1. The van der Waals surface area contributed by atoms with Crippen molar-refractivity contribution in [3.05, 3.63) is 71.0 Å². The van der Waals surface area contributed by atoms with E-state index in [-0.39, 0.29) is 17.8 Å². The highest BCUT2D eigenvalue weighted by molar-refractivity contribution is 5.91. The zero-order valence-electron chi connectivity index (χ0n) is 16.3. The predicted molar refractivity (Wildman–Crippen MR) is 107 cm³/mol. The van der Waals surface area contributed by atoms with Crippen LogP contribution in [0.2, 0.25) is 0 Å². The number of benzene rings is 2. The number of aryl methyl sites for hydroxylation is 1. The van der Waals surface area contributed by atoms with Crippen molar-refractivity contribution >= 4 is 5.91 Å². The maximum absolute atomic E-state index is 14.3. The quantitative estimate of drug-likeness (QED) is 0.833. The van der Waals surface area contributed by atoms with Gasteiger partial charge in [0.1, 0.15) is 5.82 Å². The summed E-state index contributed by atoms with van der Waals surface area (Å²) >= 11 is 0. The molecule has 1 amide bonds. The number of hydrogen-bond acceptors (Lipinski definition) is 3. The molecule has 1 unspecified atom stereocenters. The minimum absolute atomic E-state index is 0.0667. The first kappa shape index (κ1) is 19.1. The van der Waals surface area contributed by atoms with E-state index < -0.39 is 5.41 Å². The number of ether oxygens (including phenoxy) is 1. The predicted octanol–water partition coefficient (Wildman–Crippen LogP) is 3.36. The molecule has 1 heterocycles. The van der Waals surface area contributed by atoms with E-state index in [1.54, 1.807) is 18.2 Å². The molecule has 2 aromatic rings. The average Bonchev–Trinajstić information content (AvgIpc) is 3.52. The zero-order chi connectivity index (χ0) is 19.6. The second-order valence-corrected chi connectivity index (χ2v) is 7.85. The largest absolute Gasteiger partial charge is 0.379 e. The maximum Gasteiger partial charge on any atom is 0.230 e. The molecular formula is C23H27FN2O2. The molecular weight excluding hydrogens is 355 g/mol. The first-order valence-corrected chi connectivity index (χ1v) is 10.0. The summed E-state index contributed by atoms with van der Waals surface area (Å²) in [6.45, 7) is 5.67. The Kier molecular flexibility index (Phi) is 5.47. The summed E-state index contributed by atoms with van der Waals surface area (Å²) < 4.78 is 19.8. The lowest BCUT2D eigenvalue weighted by Crippen LogP contribution is -2.45. The zero-order valence-corrected chi connectivity index (χ0v) is 16.3. The molecule has 1 saturated heterocycles. The van der Waals surface area contributed by atoms with E-state index in [4.69, 9.17) is 4.74 Å². The maximum atomic E-state index is 14.3. The highest BCUT2D eigenvalue weighted by Gasteiger charge is 2.52. The monoisotopic (exact) mass is 382 g/mol. The number of amides is 1. The van der Waals surface area contributed by atoms with E-state index in [1.165, 1.54) is 17.2 Å². The van der Waals surface area contributed by atoms with Gasteiger partial charge < -0.3 is 10.1 Å². The van der Waals surface area contributed by atoms with E-state index >= 15 is 0 Å². The number of rotatable bonds is 6. The van der Waals surface area contributed by atoms with Gasteiger partial charge in [0.05, 0.1) is 24.7 Å². The molecule has 2 aromatic carbocycles. The lowest BCUT2D eigenvalue weighted by Gasteiger charge is -2.35. The van der Waals surface area contributed by atoms with Crippen LogP contribution in [0.25, 0.3) is 0 Å². The molecule has 0 aromatic heterocycles. The molecule has 1 atom stereocenters. The van der Waals surface area contributed by atoms with Crippen LogP contribution in [0, 0.1) is 12.7 Å². The van der Waals surface area contributed by atoms with Gasteiger partial charge in [0.25, 0.3) is 0 Å². The molecule has 28 heavy (non-hydrogen) atoms. The Labute approximate surface area is 165 Å². The number of halogens is 1.